The molecule has 5 aromatic rings. The highest BCUT2D eigenvalue weighted by Gasteiger charge is 2.31. The minimum atomic E-state index is -4.79. The quantitative estimate of drug-likeness (QED) is 0.111. The van der Waals surface area contributed by atoms with Crippen molar-refractivity contribution in [3.63, 3.8) is 0 Å². The van der Waals surface area contributed by atoms with Gasteiger partial charge in [0.15, 0.2) is 0 Å². The number of nitrogens with one attached hydrogen (secondary N) is 1. The van der Waals surface area contributed by atoms with E-state index in [0.29, 0.717) is 51.5 Å². The van der Waals surface area contributed by atoms with Gasteiger partial charge in [-0.3, -0.25) is 9.59 Å². The highest BCUT2D eigenvalue weighted by atomic mass is 35.5. The first-order valence-corrected chi connectivity index (χ1v) is 16.0. The summed E-state index contributed by atoms with van der Waals surface area (Å²) in [7, 11) is 0. The van der Waals surface area contributed by atoms with Gasteiger partial charge in [-0.15, -0.1) is 13.2 Å². The monoisotopic (exact) mass is 723 g/mol. The molecule has 1 heterocycles. The Balaban J connectivity index is 1.27. The zero-order valence-corrected chi connectivity index (χ0v) is 27.8. The van der Waals surface area contributed by atoms with Gasteiger partial charge in [-0.05, 0) is 77.2 Å². The van der Waals surface area contributed by atoms with E-state index in [0.717, 1.165) is 16.7 Å². The van der Waals surface area contributed by atoms with Gasteiger partial charge in [-0.25, -0.2) is 4.98 Å². The fourth-order valence-corrected chi connectivity index (χ4v) is 5.36. The van der Waals surface area contributed by atoms with Crippen molar-refractivity contribution in [2.24, 2.45) is 0 Å². The highest BCUT2D eigenvalue weighted by molar-refractivity contribution is 6.36. The topological polar surface area (TPSA) is 103 Å². The lowest BCUT2D eigenvalue weighted by Crippen LogP contribution is -2.27. The van der Waals surface area contributed by atoms with Crippen LogP contribution in [-0.2, 0) is 22.7 Å². The van der Waals surface area contributed by atoms with Crippen LogP contribution in [0.5, 0.6) is 11.5 Å². The van der Waals surface area contributed by atoms with Crippen molar-refractivity contribution < 1.29 is 37.3 Å². The van der Waals surface area contributed by atoms with Crippen LogP contribution in [0.3, 0.4) is 0 Å². The Morgan fingerprint density at radius 2 is 1.54 bits per heavy atom. The molecule has 0 bridgehead atoms. The fourth-order valence-electron chi connectivity index (χ4n) is 4.85. The average Bonchev–Trinajstić information content (AvgIpc) is 3.47. The molecule has 13 heteroatoms. The number of amides is 1. The summed E-state index contributed by atoms with van der Waals surface area (Å²) in [5, 5.41) is 12.4. The summed E-state index contributed by atoms with van der Waals surface area (Å²) in [5.41, 5.74) is 4.61. The van der Waals surface area contributed by atoms with E-state index in [-0.39, 0.29) is 31.2 Å². The predicted octanol–water partition coefficient (Wildman–Crippen LogP) is 9.15. The molecule has 0 saturated carbocycles. The zero-order valence-electron chi connectivity index (χ0n) is 26.3. The van der Waals surface area contributed by atoms with E-state index in [1.807, 2.05) is 54.6 Å². The maximum absolute atomic E-state index is 13.0. The van der Waals surface area contributed by atoms with Crippen LogP contribution in [0.25, 0.3) is 34.5 Å². The second-order valence-corrected chi connectivity index (χ2v) is 11.9. The maximum Gasteiger partial charge on any atom is 0.573 e. The molecular formula is C37H30Cl2F3N3O5. The number of aliphatic carboxylic acids is 1. The van der Waals surface area contributed by atoms with Crippen molar-refractivity contribution in [1.29, 1.82) is 0 Å². The molecule has 258 valence electrons. The fraction of sp³-hybridized carbons (Fsp3) is 0.162. The molecule has 0 saturated heterocycles. The summed E-state index contributed by atoms with van der Waals surface area (Å²) >= 11 is 12.5. The van der Waals surface area contributed by atoms with Crippen LogP contribution < -0.4 is 14.8 Å². The standard InChI is InChI=1S/C37H30Cl2F3N3O5/c38-28-12-17-31(32(39)20-28)33-22-45(23-35(46)43-21-25-5-13-30(14-6-25)50-37(40,41)42)34(44-33)18-7-24-3-8-26(9-4-24)27-10-15-29(16-11-27)49-19-1-2-36(47)48/h3-18,20,22H,1-2,19,21,23H2,(H,43,46)(H,47,48)/b18-7+. The molecule has 0 spiro atoms. The molecule has 0 atom stereocenters. The number of aromatic nitrogens is 2. The van der Waals surface area contributed by atoms with Crippen LogP contribution in [0.1, 0.15) is 29.8 Å². The summed E-state index contributed by atoms with van der Waals surface area (Å²) in [6.45, 7) is 0.326. The lowest BCUT2D eigenvalue weighted by molar-refractivity contribution is -0.274. The molecule has 50 heavy (non-hydrogen) atoms. The molecule has 0 unspecified atom stereocenters. The Morgan fingerprint density at radius 1 is 0.880 bits per heavy atom. The number of hydrogen-bond donors (Lipinski definition) is 2. The number of alkyl halides is 3. The second-order valence-electron chi connectivity index (χ2n) is 11.0. The molecule has 5 rings (SSSR count). The molecule has 1 amide bonds. The van der Waals surface area contributed by atoms with Gasteiger partial charge in [0.1, 0.15) is 23.9 Å². The minimum absolute atomic E-state index is 0.0570. The number of benzene rings is 4. The number of ether oxygens (including phenoxy) is 2. The number of nitrogens with zero attached hydrogens (tertiary/aromatic N) is 2. The van der Waals surface area contributed by atoms with Crippen LogP contribution in [-0.4, -0.2) is 39.5 Å². The van der Waals surface area contributed by atoms with E-state index in [4.69, 9.17) is 38.0 Å². The van der Waals surface area contributed by atoms with Crippen molar-refractivity contribution in [1.82, 2.24) is 14.9 Å². The Labute approximate surface area is 295 Å². The van der Waals surface area contributed by atoms with Crippen LogP contribution in [0.4, 0.5) is 13.2 Å². The van der Waals surface area contributed by atoms with Gasteiger partial charge in [-0.1, -0.05) is 77.8 Å². The Morgan fingerprint density at radius 3 is 2.18 bits per heavy atom. The first-order chi connectivity index (χ1) is 23.9. The third-order valence-electron chi connectivity index (χ3n) is 7.30. The van der Waals surface area contributed by atoms with Crippen LogP contribution >= 0.6 is 23.2 Å². The van der Waals surface area contributed by atoms with Crippen molar-refractivity contribution in [2.75, 3.05) is 6.61 Å². The summed E-state index contributed by atoms with van der Waals surface area (Å²) in [4.78, 5) is 28.4. The largest absolute Gasteiger partial charge is 0.573 e. The second kappa shape index (κ2) is 16.4. The zero-order chi connectivity index (χ0) is 35.7. The summed E-state index contributed by atoms with van der Waals surface area (Å²) < 4.78 is 48.6. The van der Waals surface area contributed by atoms with Crippen molar-refractivity contribution in [3.8, 4) is 33.9 Å². The SMILES string of the molecule is O=C(O)CCCOc1ccc(-c2ccc(/C=C/c3nc(-c4ccc(Cl)cc4Cl)cn3CC(=O)NCc3ccc(OC(F)(F)F)cc3)cc2)cc1. The predicted molar refractivity (Wildman–Crippen MR) is 186 cm³/mol. The van der Waals surface area contributed by atoms with Crippen molar-refractivity contribution in [2.45, 2.75) is 32.3 Å². The van der Waals surface area contributed by atoms with Gasteiger partial charge < -0.3 is 24.5 Å². The number of carbonyl (C=O) groups excluding carboxylic acids is 1. The van der Waals surface area contributed by atoms with Gasteiger partial charge >= 0.3 is 12.3 Å². The molecule has 1 aromatic heterocycles. The number of imidazole rings is 1. The lowest BCUT2D eigenvalue weighted by atomic mass is 10.0. The third kappa shape index (κ3) is 10.6. The summed E-state index contributed by atoms with van der Waals surface area (Å²) in [6, 6.07) is 25.7. The van der Waals surface area contributed by atoms with E-state index in [1.165, 1.54) is 24.3 Å². The molecule has 0 aliphatic heterocycles. The number of halogens is 5. The van der Waals surface area contributed by atoms with E-state index in [2.05, 4.69) is 10.1 Å². The van der Waals surface area contributed by atoms with Gasteiger partial charge in [-0.2, -0.15) is 0 Å². The molecule has 2 N–H and O–H groups in total. The first-order valence-electron chi connectivity index (χ1n) is 15.3. The summed E-state index contributed by atoms with van der Waals surface area (Å²) in [6.07, 6.45) is 1.06. The Hall–Kier alpha value is -5.26. The van der Waals surface area contributed by atoms with Gasteiger partial charge in [0.2, 0.25) is 5.91 Å². The lowest BCUT2D eigenvalue weighted by Gasteiger charge is -2.10. The molecule has 0 aliphatic rings. The molecule has 0 radical (unpaired) electrons. The van der Waals surface area contributed by atoms with Gasteiger partial charge in [0.25, 0.3) is 0 Å². The van der Waals surface area contributed by atoms with Crippen molar-refractivity contribution >= 4 is 47.2 Å². The van der Waals surface area contributed by atoms with Crippen LogP contribution in [0, 0.1) is 0 Å². The average molecular weight is 725 g/mol. The third-order valence-corrected chi connectivity index (χ3v) is 7.85. The maximum atomic E-state index is 13.0. The number of hydrogen-bond acceptors (Lipinski definition) is 5. The molecular weight excluding hydrogens is 694 g/mol. The summed E-state index contributed by atoms with van der Waals surface area (Å²) in [5.74, 6) is -0.400. The molecule has 4 aromatic carbocycles. The molecule has 0 fully saturated rings. The van der Waals surface area contributed by atoms with Crippen LogP contribution in [0.2, 0.25) is 10.0 Å². The Bertz CT molecular complexity index is 1960. The van der Waals surface area contributed by atoms with Gasteiger partial charge in [0, 0.05) is 29.7 Å². The normalized spacial score (nSPS) is 11.5. The Kier molecular flexibility index (Phi) is 11.8. The van der Waals surface area contributed by atoms with Crippen molar-refractivity contribution in [3.05, 3.63) is 124 Å². The number of carboxylic acids is 1. The number of carboxylic acid groups (broad SMARTS) is 1. The van der Waals surface area contributed by atoms with Gasteiger partial charge in [0.05, 0.1) is 17.3 Å². The van der Waals surface area contributed by atoms with E-state index in [1.54, 1.807) is 35.0 Å². The molecule has 8 nitrogen and oxygen atoms in total. The van der Waals surface area contributed by atoms with Crippen LogP contribution in [0.15, 0.2) is 97.2 Å². The number of carbonyl (C=O) groups is 2. The smallest absolute Gasteiger partial charge is 0.494 e. The minimum Gasteiger partial charge on any atom is -0.494 e. The van der Waals surface area contributed by atoms with E-state index >= 15 is 0 Å². The first kappa shape index (κ1) is 36.0. The number of rotatable bonds is 14. The molecule has 0 aliphatic carbocycles. The van der Waals surface area contributed by atoms with E-state index in [9.17, 15) is 22.8 Å². The highest BCUT2D eigenvalue weighted by Crippen LogP contribution is 2.30. The van der Waals surface area contributed by atoms with E-state index < -0.39 is 12.3 Å².